The van der Waals surface area contributed by atoms with Gasteiger partial charge in [0.25, 0.3) is 12.0 Å². The number of hydrogen-bond acceptors (Lipinski definition) is 3. The molecule has 1 aromatic heterocycles. The highest BCUT2D eigenvalue weighted by Gasteiger charge is 2.19. The van der Waals surface area contributed by atoms with Crippen LogP contribution in [0.1, 0.15) is 17.6 Å². The Balaban J connectivity index is 3.34. The lowest BCUT2D eigenvalue weighted by Crippen LogP contribution is -2.18. The Morgan fingerprint density at radius 1 is 1.60 bits per heavy atom. The van der Waals surface area contributed by atoms with Crippen molar-refractivity contribution in [3.63, 3.8) is 0 Å². The van der Waals surface area contributed by atoms with E-state index in [4.69, 9.17) is 10.8 Å². The number of nitrogen functional groups attached to an aromatic ring is 1. The second kappa shape index (κ2) is 4.07. The van der Waals surface area contributed by atoms with E-state index in [-0.39, 0.29) is 5.56 Å². The maximum absolute atomic E-state index is 12.4. The Morgan fingerprint density at radius 3 is 2.67 bits per heavy atom. The third-order valence-corrected chi connectivity index (χ3v) is 1.84. The lowest BCUT2D eigenvalue weighted by atomic mass is 10.1. The van der Waals surface area contributed by atoms with Crippen LogP contribution in [-0.4, -0.2) is 16.1 Å². The molecule has 0 fully saturated rings. The number of aromatic nitrogens is 1. The van der Waals surface area contributed by atoms with Crippen LogP contribution in [0.15, 0.2) is 11.0 Å². The number of H-pyrrole nitrogens is 1. The smallest absolute Gasteiger partial charge is 0.307 e. The van der Waals surface area contributed by atoms with E-state index < -0.39 is 35.6 Å². The molecule has 15 heavy (non-hydrogen) atoms. The van der Waals surface area contributed by atoms with Crippen LogP contribution in [0.2, 0.25) is 0 Å². The molecule has 0 aliphatic carbocycles. The Morgan fingerprint density at radius 2 is 2.20 bits per heavy atom. The first-order valence-corrected chi connectivity index (χ1v) is 3.93. The Labute approximate surface area is 82.5 Å². The van der Waals surface area contributed by atoms with Crippen molar-refractivity contribution in [2.24, 2.45) is 0 Å². The maximum atomic E-state index is 12.4. The van der Waals surface area contributed by atoms with Gasteiger partial charge < -0.3 is 15.8 Å². The molecule has 1 heterocycles. The fourth-order valence-electron chi connectivity index (χ4n) is 1.14. The number of carboxylic acid groups (broad SMARTS) is 1. The number of hydrogen-bond donors (Lipinski definition) is 3. The van der Waals surface area contributed by atoms with Crippen LogP contribution >= 0.6 is 0 Å². The highest BCUT2D eigenvalue weighted by Crippen LogP contribution is 2.24. The Bertz CT molecular complexity index is 442. The van der Waals surface area contributed by atoms with Gasteiger partial charge >= 0.3 is 5.97 Å². The Hall–Kier alpha value is -1.92. The van der Waals surface area contributed by atoms with Gasteiger partial charge in [-0.3, -0.25) is 9.59 Å². The highest BCUT2D eigenvalue weighted by molar-refractivity contribution is 5.73. The van der Waals surface area contributed by atoms with Gasteiger partial charge in [0, 0.05) is 17.3 Å². The van der Waals surface area contributed by atoms with E-state index in [0.29, 0.717) is 0 Å². The van der Waals surface area contributed by atoms with Crippen molar-refractivity contribution in [2.75, 3.05) is 5.73 Å². The molecule has 0 saturated heterocycles. The van der Waals surface area contributed by atoms with Crippen LogP contribution < -0.4 is 11.3 Å². The van der Waals surface area contributed by atoms with E-state index >= 15 is 0 Å². The number of carboxylic acids is 1. The van der Waals surface area contributed by atoms with Crippen LogP contribution in [0.4, 0.5) is 14.5 Å². The molecule has 1 rings (SSSR count). The highest BCUT2D eigenvalue weighted by atomic mass is 19.3. The van der Waals surface area contributed by atoms with Crippen molar-refractivity contribution in [1.29, 1.82) is 0 Å². The van der Waals surface area contributed by atoms with Gasteiger partial charge in [-0.25, -0.2) is 8.78 Å². The normalized spacial score (nSPS) is 10.6. The molecule has 0 saturated carbocycles. The topological polar surface area (TPSA) is 96.2 Å². The number of nitrogens with one attached hydrogen (secondary N) is 1. The van der Waals surface area contributed by atoms with Gasteiger partial charge in [-0.15, -0.1) is 0 Å². The average Bonchev–Trinajstić information content (AvgIpc) is 2.12. The molecule has 0 aliphatic heterocycles. The second-order valence-corrected chi connectivity index (χ2v) is 2.84. The van der Waals surface area contributed by atoms with E-state index in [1.165, 1.54) is 0 Å². The lowest BCUT2D eigenvalue weighted by Gasteiger charge is -2.08. The molecule has 0 amide bonds. The third kappa shape index (κ3) is 2.30. The molecule has 82 valence electrons. The van der Waals surface area contributed by atoms with E-state index in [0.717, 1.165) is 6.20 Å². The predicted octanol–water partition coefficient (Wildman–Crippen LogP) is 0.522. The van der Waals surface area contributed by atoms with E-state index in [2.05, 4.69) is 0 Å². The Kier molecular flexibility index (Phi) is 3.03. The summed E-state index contributed by atoms with van der Waals surface area (Å²) in [6.45, 7) is 0. The molecule has 4 N–H and O–H groups in total. The number of anilines is 1. The molecular formula is C8H8F2N2O3. The van der Waals surface area contributed by atoms with Crippen molar-refractivity contribution in [2.45, 2.75) is 12.8 Å². The number of alkyl halides is 2. The standard InChI is InChI=1S/C8H8F2N2O3/c9-7(10)4-2-12-8(15)6(11)3(4)1-5(13)14/h2,7H,1,11H2,(H,12,15)(H,13,14). The number of nitrogens with two attached hydrogens (primary N) is 1. The number of halogens is 2. The average molecular weight is 218 g/mol. The molecular weight excluding hydrogens is 210 g/mol. The molecule has 0 bridgehead atoms. The first-order valence-electron chi connectivity index (χ1n) is 3.93. The van der Waals surface area contributed by atoms with Gasteiger partial charge in [0.1, 0.15) is 5.69 Å². The minimum absolute atomic E-state index is 0.332. The van der Waals surface area contributed by atoms with E-state index in [1.54, 1.807) is 0 Å². The summed E-state index contributed by atoms with van der Waals surface area (Å²) in [5.74, 6) is -1.32. The van der Waals surface area contributed by atoms with Crippen LogP contribution in [0.25, 0.3) is 0 Å². The van der Waals surface area contributed by atoms with Crippen LogP contribution in [0.3, 0.4) is 0 Å². The van der Waals surface area contributed by atoms with Gasteiger partial charge in [-0.05, 0) is 0 Å². The fraction of sp³-hybridized carbons (Fsp3) is 0.250. The largest absolute Gasteiger partial charge is 0.481 e. The summed E-state index contributed by atoms with van der Waals surface area (Å²) >= 11 is 0. The molecule has 1 aromatic rings. The monoisotopic (exact) mass is 218 g/mol. The summed E-state index contributed by atoms with van der Waals surface area (Å²) in [6, 6.07) is 0. The van der Waals surface area contributed by atoms with Crippen molar-refractivity contribution in [3.05, 3.63) is 27.7 Å². The predicted molar refractivity (Wildman–Crippen MR) is 47.8 cm³/mol. The summed E-state index contributed by atoms with van der Waals surface area (Å²) in [6.07, 6.45) is -2.80. The molecule has 0 spiro atoms. The summed E-state index contributed by atoms with van der Waals surface area (Å²) in [7, 11) is 0. The first-order chi connectivity index (χ1) is 6.93. The van der Waals surface area contributed by atoms with E-state index in [1.807, 2.05) is 4.98 Å². The molecule has 7 heteroatoms. The summed E-state index contributed by atoms with van der Waals surface area (Å²) < 4.78 is 24.8. The quantitative estimate of drug-likeness (QED) is 0.689. The maximum Gasteiger partial charge on any atom is 0.307 e. The van der Waals surface area contributed by atoms with Gasteiger partial charge in [0.05, 0.1) is 6.42 Å². The number of rotatable bonds is 3. The van der Waals surface area contributed by atoms with Gasteiger partial charge in [-0.1, -0.05) is 0 Å². The first kappa shape index (κ1) is 11.2. The SMILES string of the molecule is Nc1c(CC(=O)O)c(C(F)F)c[nH]c1=O. The molecule has 0 aliphatic rings. The molecule has 0 atom stereocenters. The number of pyridine rings is 1. The summed E-state index contributed by atoms with van der Waals surface area (Å²) in [5.41, 5.74) is 3.09. The van der Waals surface area contributed by atoms with Crippen LogP contribution in [0.5, 0.6) is 0 Å². The van der Waals surface area contributed by atoms with Gasteiger partial charge in [0.15, 0.2) is 0 Å². The number of aromatic amines is 1. The summed E-state index contributed by atoms with van der Waals surface area (Å²) in [4.78, 5) is 23.4. The van der Waals surface area contributed by atoms with Crippen LogP contribution in [-0.2, 0) is 11.2 Å². The van der Waals surface area contributed by atoms with E-state index in [9.17, 15) is 18.4 Å². The van der Waals surface area contributed by atoms with Crippen molar-refractivity contribution < 1.29 is 18.7 Å². The van der Waals surface area contributed by atoms with Gasteiger partial charge in [-0.2, -0.15) is 0 Å². The van der Waals surface area contributed by atoms with Crippen molar-refractivity contribution in [1.82, 2.24) is 4.98 Å². The van der Waals surface area contributed by atoms with Crippen LogP contribution in [0, 0.1) is 0 Å². The fourth-order valence-corrected chi connectivity index (χ4v) is 1.14. The minimum atomic E-state index is -2.88. The zero-order valence-corrected chi connectivity index (χ0v) is 7.46. The van der Waals surface area contributed by atoms with Crippen molar-refractivity contribution in [3.8, 4) is 0 Å². The minimum Gasteiger partial charge on any atom is -0.481 e. The molecule has 5 nitrogen and oxygen atoms in total. The summed E-state index contributed by atoms with van der Waals surface area (Å²) in [5, 5.41) is 8.48. The third-order valence-electron chi connectivity index (χ3n) is 1.84. The molecule has 0 aromatic carbocycles. The molecule has 0 radical (unpaired) electrons. The zero-order chi connectivity index (χ0) is 11.6. The number of aliphatic carboxylic acids is 1. The molecule has 0 unspecified atom stereocenters. The van der Waals surface area contributed by atoms with Gasteiger partial charge in [0.2, 0.25) is 0 Å². The zero-order valence-electron chi connectivity index (χ0n) is 7.46. The lowest BCUT2D eigenvalue weighted by molar-refractivity contribution is -0.136. The second-order valence-electron chi connectivity index (χ2n) is 2.84. The van der Waals surface area contributed by atoms with Crippen molar-refractivity contribution >= 4 is 11.7 Å². The number of carbonyl (C=O) groups is 1.